The average molecular weight is 387 g/mol. The van der Waals surface area contributed by atoms with Gasteiger partial charge in [0.1, 0.15) is 0 Å². The van der Waals surface area contributed by atoms with Crippen LogP contribution in [-0.4, -0.2) is 32.2 Å². The topological polar surface area (TPSA) is 66.5 Å². The zero-order valence-electron chi connectivity index (χ0n) is 15.8. The number of fused-ring (bicyclic) bond motifs is 1. The molecule has 27 heavy (non-hydrogen) atoms. The number of carbonyl (C=O) groups excluding carboxylic acids is 1. The third-order valence-corrected chi connectivity index (χ3v) is 6.89. The lowest BCUT2D eigenvalue weighted by Gasteiger charge is -2.21. The van der Waals surface area contributed by atoms with E-state index in [-0.39, 0.29) is 23.4 Å². The van der Waals surface area contributed by atoms with Gasteiger partial charge in [0, 0.05) is 7.05 Å². The number of carbonyl (C=O) groups is 1. The SMILES string of the molecule is C[C@@H](NC(=O)CN(C)S(=O)(=O)c1ccccc1)c1ccc2c(c1)CCCC2. The molecular weight excluding hydrogens is 360 g/mol. The molecule has 3 rings (SSSR count). The van der Waals surface area contributed by atoms with Gasteiger partial charge >= 0.3 is 0 Å². The summed E-state index contributed by atoms with van der Waals surface area (Å²) in [5.41, 5.74) is 3.82. The predicted octanol–water partition coefficient (Wildman–Crippen LogP) is 3.06. The molecule has 0 radical (unpaired) electrons. The second-order valence-corrected chi connectivity index (χ2v) is 9.14. The van der Waals surface area contributed by atoms with Crippen LogP contribution in [0.2, 0.25) is 0 Å². The lowest BCUT2D eigenvalue weighted by molar-refractivity contribution is -0.121. The summed E-state index contributed by atoms with van der Waals surface area (Å²) in [5, 5.41) is 2.91. The number of nitrogens with one attached hydrogen (secondary N) is 1. The van der Waals surface area contributed by atoms with E-state index in [0.29, 0.717) is 0 Å². The molecule has 0 saturated heterocycles. The quantitative estimate of drug-likeness (QED) is 0.830. The van der Waals surface area contributed by atoms with Crippen LogP contribution in [0.25, 0.3) is 0 Å². The molecule has 2 aromatic carbocycles. The summed E-state index contributed by atoms with van der Waals surface area (Å²) in [6, 6.07) is 14.3. The Morgan fingerprint density at radius 1 is 1.07 bits per heavy atom. The van der Waals surface area contributed by atoms with Crippen molar-refractivity contribution >= 4 is 15.9 Å². The fourth-order valence-electron chi connectivity index (χ4n) is 3.45. The number of hydrogen-bond acceptors (Lipinski definition) is 3. The third-order valence-electron chi connectivity index (χ3n) is 5.07. The summed E-state index contributed by atoms with van der Waals surface area (Å²) < 4.78 is 26.1. The predicted molar refractivity (Wildman–Crippen MR) is 106 cm³/mol. The van der Waals surface area contributed by atoms with Crippen molar-refractivity contribution in [2.75, 3.05) is 13.6 Å². The van der Waals surface area contributed by atoms with Gasteiger partial charge in [0.25, 0.3) is 0 Å². The van der Waals surface area contributed by atoms with Crippen molar-refractivity contribution in [3.63, 3.8) is 0 Å². The number of amides is 1. The molecule has 0 bridgehead atoms. The van der Waals surface area contributed by atoms with Gasteiger partial charge in [-0.1, -0.05) is 36.4 Å². The highest BCUT2D eigenvalue weighted by Crippen LogP contribution is 2.24. The van der Waals surface area contributed by atoms with Crippen LogP contribution in [0.5, 0.6) is 0 Å². The van der Waals surface area contributed by atoms with Gasteiger partial charge in [0.05, 0.1) is 17.5 Å². The Kier molecular flexibility index (Phi) is 5.97. The van der Waals surface area contributed by atoms with Crippen molar-refractivity contribution < 1.29 is 13.2 Å². The van der Waals surface area contributed by atoms with Gasteiger partial charge in [-0.3, -0.25) is 4.79 Å². The Balaban J connectivity index is 1.63. The number of nitrogens with zero attached hydrogens (tertiary/aromatic N) is 1. The maximum atomic E-state index is 12.5. The first-order valence-corrected chi connectivity index (χ1v) is 10.7. The molecule has 0 fully saturated rings. The number of hydrogen-bond donors (Lipinski definition) is 1. The van der Waals surface area contributed by atoms with Crippen molar-refractivity contribution in [2.45, 2.75) is 43.5 Å². The van der Waals surface area contributed by atoms with Gasteiger partial charge in [-0.15, -0.1) is 0 Å². The van der Waals surface area contributed by atoms with Crippen molar-refractivity contribution in [1.29, 1.82) is 0 Å². The Hall–Kier alpha value is -2.18. The van der Waals surface area contributed by atoms with E-state index in [2.05, 4.69) is 23.5 Å². The first kappa shape index (κ1) is 19.6. The summed E-state index contributed by atoms with van der Waals surface area (Å²) in [6.45, 7) is 1.71. The summed E-state index contributed by atoms with van der Waals surface area (Å²) in [4.78, 5) is 12.6. The molecule has 1 atom stereocenters. The molecule has 1 aliphatic carbocycles. The van der Waals surface area contributed by atoms with Crippen LogP contribution in [0.3, 0.4) is 0 Å². The van der Waals surface area contributed by atoms with E-state index in [1.807, 2.05) is 6.92 Å². The highest BCUT2D eigenvalue weighted by molar-refractivity contribution is 7.89. The van der Waals surface area contributed by atoms with Gasteiger partial charge < -0.3 is 5.32 Å². The first-order valence-electron chi connectivity index (χ1n) is 9.30. The lowest BCUT2D eigenvalue weighted by Crippen LogP contribution is -2.39. The van der Waals surface area contributed by atoms with E-state index in [9.17, 15) is 13.2 Å². The van der Waals surface area contributed by atoms with Gasteiger partial charge in [-0.2, -0.15) is 4.31 Å². The molecule has 2 aromatic rings. The molecule has 1 amide bonds. The minimum absolute atomic E-state index is 0.169. The van der Waals surface area contributed by atoms with Gasteiger partial charge in [0.15, 0.2) is 0 Å². The molecule has 0 heterocycles. The van der Waals surface area contributed by atoms with Gasteiger partial charge in [0.2, 0.25) is 15.9 Å². The Labute approximate surface area is 161 Å². The van der Waals surface area contributed by atoms with Crippen LogP contribution in [0.1, 0.15) is 42.5 Å². The van der Waals surface area contributed by atoms with Crippen molar-refractivity contribution in [1.82, 2.24) is 9.62 Å². The van der Waals surface area contributed by atoms with E-state index < -0.39 is 10.0 Å². The highest BCUT2D eigenvalue weighted by atomic mass is 32.2. The van der Waals surface area contributed by atoms with Gasteiger partial charge in [-0.25, -0.2) is 8.42 Å². The Bertz CT molecular complexity index is 910. The van der Waals surface area contributed by atoms with Crippen LogP contribution in [-0.2, 0) is 27.7 Å². The molecule has 1 N–H and O–H groups in total. The normalized spacial score (nSPS) is 15.2. The zero-order chi connectivity index (χ0) is 19.4. The van der Waals surface area contributed by atoms with Crippen molar-refractivity contribution in [2.24, 2.45) is 0 Å². The summed E-state index contributed by atoms with van der Waals surface area (Å²) in [6.07, 6.45) is 4.65. The first-order chi connectivity index (χ1) is 12.9. The molecule has 1 aliphatic rings. The van der Waals surface area contributed by atoms with Crippen LogP contribution >= 0.6 is 0 Å². The van der Waals surface area contributed by atoms with Crippen LogP contribution < -0.4 is 5.32 Å². The molecule has 0 unspecified atom stereocenters. The van der Waals surface area contributed by atoms with E-state index in [1.165, 1.54) is 43.1 Å². The standard InChI is InChI=1S/C21H26N2O3S/c1-16(18-13-12-17-8-6-7-9-19(17)14-18)22-21(24)15-23(2)27(25,26)20-10-4-3-5-11-20/h3-5,10-14,16H,6-9,15H2,1-2H3,(H,22,24)/t16-/m1/s1. The second-order valence-electron chi connectivity index (χ2n) is 7.10. The van der Waals surface area contributed by atoms with Crippen LogP contribution in [0, 0.1) is 0 Å². The molecule has 6 heteroatoms. The molecule has 0 spiro atoms. The molecule has 0 aromatic heterocycles. The number of sulfonamides is 1. The number of benzene rings is 2. The molecule has 5 nitrogen and oxygen atoms in total. The minimum Gasteiger partial charge on any atom is -0.348 e. The van der Waals surface area contributed by atoms with Crippen molar-refractivity contribution in [3.05, 3.63) is 65.2 Å². The smallest absolute Gasteiger partial charge is 0.243 e. The Morgan fingerprint density at radius 2 is 1.74 bits per heavy atom. The zero-order valence-corrected chi connectivity index (χ0v) is 16.6. The molecule has 0 saturated carbocycles. The second kappa shape index (κ2) is 8.23. The fourth-order valence-corrected chi connectivity index (χ4v) is 4.60. The largest absolute Gasteiger partial charge is 0.348 e. The summed E-state index contributed by atoms with van der Waals surface area (Å²) >= 11 is 0. The van der Waals surface area contributed by atoms with Gasteiger partial charge in [-0.05, 0) is 61.4 Å². The number of aryl methyl sites for hydroxylation is 2. The van der Waals surface area contributed by atoms with E-state index in [1.54, 1.807) is 18.2 Å². The third kappa shape index (κ3) is 4.57. The average Bonchev–Trinajstić information content (AvgIpc) is 2.68. The number of likely N-dealkylation sites (N-methyl/N-ethyl adjacent to an activating group) is 1. The molecule has 0 aliphatic heterocycles. The maximum absolute atomic E-state index is 12.5. The van der Waals surface area contributed by atoms with Crippen LogP contribution in [0.4, 0.5) is 0 Å². The monoisotopic (exact) mass is 386 g/mol. The van der Waals surface area contributed by atoms with E-state index in [0.717, 1.165) is 22.7 Å². The lowest BCUT2D eigenvalue weighted by atomic mass is 9.89. The van der Waals surface area contributed by atoms with Crippen molar-refractivity contribution in [3.8, 4) is 0 Å². The fraction of sp³-hybridized carbons (Fsp3) is 0.381. The summed E-state index contributed by atoms with van der Waals surface area (Å²) in [7, 11) is -2.25. The molecular formula is C21H26N2O3S. The Morgan fingerprint density at radius 3 is 2.44 bits per heavy atom. The minimum atomic E-state index is -3.67. The summed E-state index contributed by atoms with van der Waals surface area (Å²) in [5.74, 6) is -0.317. The highest BCUT2D eigenvalue weighted by Gasteiger charge is 2.23. The maximum Gasteiger partial charge on any atom is 0.243 e. The van der Waals surface area contributed by atoms with E-state index >= 15 is 0 Å². The van der Waals surface area contributed by atoms with E-state index in [4.69, 9.17) is 0 Å². The number of rotatable bonds is 6. The molecule has 144 valence electrons. The van der Waals surface area contributed by atoms with Crippen LogP contribution in [0.15, 0.2) is 53.4 Å².